The molecule has 0 aromatic heterocycles. The first kappa shape index (κ1) is 18.1. The number of nitrogens with two attached hydrogens (primary N) is 1. The lowest BCUT2D eigenvalue weighted by Gasteiger charge is -2.17. The van der Waals surface area contributed by atoms with Gasteiger partial charge in [0.15, 0.2) is 16.7 Å². The number of anilines is 1. The SMILES string of the molecule is Cc1ccc(N2C(=O)/C(=C\c3ccc4c(c3)OCO4)N=C2SCC(N)=O)cc1. The van der Waals surface area contributed by atoms with Gasteiger partial charge in [-0.1, -0.05) is 35.5 Å². The van der Waals surface area contributed by atoms with Crippen LogP contribution in [0.4, 0.5) is 5.69 Å². The minimum atomic E-state index is -0.475. The van der Waals surface area contributed by atoms with Crippen LogP contribution in [0, 0.1) is 6.92 Å². The normalized spacial score (nSPS) is 16.6. The number of fused-ring (bicyclic) bond motifs is 1. The van der Waals surface area contributed by atoms with Crippen LogP contribution in [0.5, 0.6) is 11.5 Å². The molecule has 142 valence electrons. The van der Waals surface area contributed by atoms with Crippen molar-refractivity contribution in [3.8, 4) is 11.5 Å². The van der Waals surface area contributed by atoms with Gasteiger partial charge in [-0.2, -0.15) is 0 Å². The third-order valence-electron chi connectivity index (χ3n) is 4.17. The standard InChI is InChI=1S/C20H17N3O4S/c1-12-2-5-14(6-3-12)23-19(25)15(22-20(23)28-10-18(21)24)8-13-4-7-16-17(9-13)27-11-26-16/h2-9H,10-11H2,1H3,(H2,21,24)/b15-8+. The number of amides is 2. The van der Waals surface area contributed by atoms with E-state index in [2.05, 4.69) is 4.99 Å². The third-order valence-corrected chi connectivity index (χ3v) is 5.13. The highest BCUT2D eigenvalue weighted by molar-refractivity contribution is 8.14. The Kier molecular flexibility index (Phi) is 4.79. The molecule has 2 aliphatic rings. The number of benzene rings is 2. The molecule has 0 unspecified atom stereocenters. The van der Waals surface area contributed by atoms with E-state index in [0.29, 0.717) is 22.4 Å². The van der Waals surface area contributed by atoms with E-state index >= 15 is 0 Å². The summed E-state index contributed by atoms with van der Waals surface area (Å²) >= 11 is 1.13. The summed E-state index contributed by atoms with van der Waals surface area (Å²) < 4.78 is 10.7. The molecule has 0 saturated heterocycles. The van der Waals surface area contributed by atoms with E-state index in [-0.39, 0.29) is 24.2 Å². The second kappa shape index (κ2) is 7.40. The largest absolute Gasteiger partial charge is 0.454 e. The van der Waals surface area contributed by atoms with Crippen molar-refractivity contribution in [1.29, 1.82) is 0 Å². The van der Waals surface area contributed by atoms with Gasteiger partial charge in [0.1, 0.15) is 5.70 Å². The van der Waals surface area contributed by atoms with Gasteiger partial charge >= 0.3 is 0 Å². The van der Waals surface area contributed by atoms with Crippen molar-refractivity contribution in [3.63, 3.8) is 0 Å². The molecule has 2 aromatic carbocycles. The highest BCUT2D eigenvalue weighted by Gasteiger charge is 2.32. The van der Waals surface area contributed by atoms with Gasteiger partial charge in [-0.3, -0.25) is 14.5 Å². The number of nitrogens with zero attached hydrogens (tertiary/aromatic N) is 2. The van der Waals surface area contributed by atoms with Crippen LogP contribution in [0.15, 0.2) is 53.2 Å². The van der Waals surface area contributed by atoms with Crippen molar-refractivity contribution in [2.45, 2.75) is 6.92 Å². The topological polar surface area (TPSA) is 94.2 Å². The van der Waals surface area contributed by atoms with Gasteiger partial charge in [0.05, 0.1) is 11.4 Å². The monoisotopic (exact) mass is 395 g/mol. The first-order chi connectivity index (χ1) is 13.5. The second-order valence-electron chi connectivity index (χ2n) is 6.27. The van der Waals surface area contributed by atoms with Gasteiger partial charge in [-0.05, 0) is 42.8 Å². The van der Waals surface area contributed by atoms with Crippen LogP contribution in [0.1, 0.15) is 11.1 Å². The van der Waals surface area contributed by atoms with Crippen LogP contribution in [0.25, 0.3) is 6.08 Å². The van der Waals surface area contributed by atoms with Gasteiger partial charge in [-0.15, -0.1) is 0 Å². The lowest BCUT2D eigenvalue weighted by Crippen LogP contribution is -2.31. The van der Waals surface area contributed by atoms with Crippen molar-refractivity contribution in [2.24, 2.45) is 10.7 Å². The molecule has 0 saturated carbocycles. The van der Waals surface area contributed by atoms with Crippen LogP contribution < -0.4 is 20.1 Å². The molecular weight excluding hydrogens is 378 g/mol. The van der Waals surface area contributed by atoms with Crippen LogP contribution >= 0.6 is 11.8 Å². The maximum atomic E-state index is 13.0. The summed E-state index contributed by atoms with van der Waals surface area (Å²) in [6, 6.07) is 12.9. The molecule has 28 heavy (non-hydrogen) atoms. The molecule has 2 aromatic rings. The average Bonchev–Trinajstić information content (AvgIpc) is 3.25. The number of aliphatic imine (C=N–C) groups is 1. The van der Waals surface area contributed by atoms with E-state index in [1.807, 2.05) is 37.3 Å². The summed E-state index contributed by atoms with van der Waals surface area (Å²) in [5, 5.41) is 0.416. The molecule has 0 bridgehead atoms. The Balaban J connectivity index is 1.68. The Labute approximate surface area is 165 Å². The Hall–Kier alpha value is -3.26. The van der Waals surface area contributed by atoms with Gasteiger partial charge in [0.25, 0.3) is 5.91 Å². The van der Waals surface area contributed by atoms with Crippen LogP contribution in [-0.4, -0.2) is 29.5 Å². The molecule has 0 spiro atoms. The smallest absolute Gasteiger partial charge is 0.283 e. The van der Waals surface area contributed by atoms with Gasteiger partial charge in [-0.25, -0.2) is 4.99 Å². The lowest BCUT2D eigenvalue weighted by molar-refractivity contribution is -0.115. The number of hydrogen-bond donors (Lipinski definition) is 1. The molecule has 2 N–H and O–H groups in total. The minimum Gasteiger partial charge on any atom is -0.454 e. The summed E-state index contributed by atoms with van der Waals surface area (Å²) in [6.45, 7) is 2.15. The molecule has 8 heteroatoms. The molecule has 2 aliphatic heterocycles. The number of primary amides is 1. The zero-order valence-corrected chi connectivity index (χ0v) is 15.9. The molecule has 4 rings (SSSR count). The number of aryl methyl sites for hydroxylation is 1. The third kappa shape index (κ3) is 3.59. The average molecular weight is 395 g/mol. The maximum Gasteiger partial charge on any atom is 0.283 e. The van der Waals surface area contributed by atoms with E-state index in [9.17, 15) is 9.59 Å². The number of carbonyl (C=O) groups is 2. The number of hydrogen-bond acceptors (Lipinski definition) is 6. The molecule has 0 radical (unpaired) electrons. The number of carbonyl (C=O) groups excluding carboxylic acids is 2. The number of ether oxygens (including phenoxy) is 2. The fourth-order valence-electron chi connectivity index (χ4n) is 2.81. The number of amidine groups is 1. The van der Waals surface area contributed by atoms with Crippen molar-refractivity contribution in [2.75, 3.05) is 17.4 Å². The van der Waals surface area contributed by atoms with E-state index in [1.54, 1.807) is 18.2 Å². The lowest BCUT2D eigenvalue weighted by atomic mass is 10.1. The molecule has 0 aliphatic carbocycles. The van der Waals surface area contributed by atoms with Crippen LogP contribution in [-0.2, 0) is 9.59 Å². The summed E-state index contributed by atoms with van der Waals surface area (Å²) in [5.41, 5.74) is 8.06. The summed E-state index contributed by atoms with van der Waals surface area (Å²) in [4.78, 5) is 30.2. The molecule has 2 heterocycles. The fourth-order valence-corrected chi connectivity index (χ4v) is 3.56. The quantitative estimate of drug-likeness (QED) is 0.804. The Bertz CT molecular complexity index is 1010. The molecule has 0 atom stereocenters. The number of thioether (sulfide) groups is 1. The summed E-state index contributed by atoms with van der Waals surface area (Å²) in [5.74, 6) is 0.585. The van der Waals surface area contributed by atoms with Crippen LogP contribution in [0.3, 0.4) is 0 Å². The van der Waals surface area contributed by atoms with Crippen molar-refractivity contribution >= 4 is 40.5 Å². The van der Waals surface area contributed by atoms with E-state index in [1.165, 1.54) is 4.90 Å². The maximum absolute atomic E-state index is 13.0. The zero-order chi connectivity index (χ0) is 19.7. The Morgan fingerprint density at radius 3 is 2.71 bits per heavy atom. The predicted octanol–water partition coefficient (Wildman–Crippen LogP) is 2.69. The highest BCUT2D eigenvalue weighted by atomic mass is 32.2. The van der Waals surface area contributed by atoms with Crippen molar-refractivity contribution in [1.82, 2.24) is 0 Å². The van der Waals surface area contributed by atoms with Crippen molar-refractivity contribution < 1.29 is 19.1 Å². The molecule has 2 amide bonds. The van der Waals surface area contributed by atoms with Gasteiger partial charge in [0.2, 0.25) is 12.7 Å². The Morgan fingerprint density at radius 1 is 1.21 bits per heavy atom. The van der Waals surface area contributed by atoms with Gasteiger partial charge in [0, 0.05) is 0 Å². The molecule has 0 fully saturated rings. The van der Waals surface area contributed by atoms with E-state index < -0.39 is 5.91 Å². The second-order valence-corrected chi connectivity index (χ2v) is 7.21. The fraction of sp³-hybridized carbons (Fsp3) is 0.150. The molecule has 7 nitrogen and oxygen atoms in total. The minimum absolute atomic E-state index is 0.0335. The first-order valence-electron chi connectivity index (χ1n) is 8.53. The zero-order valence-electron chi connectivity index (χ0n) is 15.0. The molecular formula is C20H17N3O4S. The van der Waals surface area contributed by atoms with Crippen LogP contribution in [0.2, 0.25) is 0 Å². The highest BCUT2D eigenvalue weighted by Crippen LogP contribution is 2.34. The first-order valence-corrected chi connectivity index (χ1v) is 9.52. The summed E-state index contributed by atoms with van der Waals surface area (Å²) in [6.07, 6.45) is 1.68. The number of rotatable bonds is 4. The summed E-state index contributed by atoms with van der Waals surface area (Å²) in [7, 11) is 0. The van der Waals surface area contributed by atoms with Crippen molar-refractivity contribution in [3.05, 3.63) is 59.3 Å². The predicted molar refractivity (Wildman–Crippen MR) is 108 cm³/mol. The Morgan fingerprint density at radius 2 is 1.96 bits per heavy atom. The van der Waals surface area contributed by atoms with Gasteiger partial charge < -0.3 is 15.2 Å². The van der Waals surface area contributed by atoms with E-state index in [0.717, 1.165) is 22.9 Å². The van der Waals surface area contributed by atoms with E-state index in [4.69, 9.17) is 15.2 Å².